The van der Waals surface area contributed by atoms with Crippen LogP contribution in [0.5, 0.6) is 5.75 Å². The molecule has 0 aromatic heterocycles. The predicted molar refractivity (Wildman–Crippen MR) is 74.8 cm³/mol. The fourth-order valence-electron chi connectivity index (χ4n) is 1.69. The van der Waals surface area contributed by atoms with Gasteiger partial charge < -0.3 is 9.64 Å². The average Bonchev–Trinajstić information content (AvgIpc) is 2.69. The van der Waals surface area contributed by atoms with Gasteiger partial charge in [-0.1, -0.05) is 6.07 Å². The van der Waals surface area contributed by atoms with Crippen LogP contribution >= 0.6 is 11.8 Å². The van der Waals surface area contributed by atoms with E-state index in [0.717, 1.165) is 30.2 Å². The average molecular weight is 250 g/mol. The zero-order valence-corrected chi connectivity index (χ0v) is 11.4. The molecule has 1 aliphatic rings. The lowest BCUT2D eigenvalue weighted by atomic mass is 10.1. The molecule has 3 nitrogen and oxygen atoms in total. The number of hydrogen-bond acceptors (Lipinski definition) is 4. The van der Waals surface area contributed by atoms with Crippen LogP contribution in [0.1, 0.15) is 5.56 Å². The van der Waals surface area contributed by atoms with Crippen LogP contribution < -0.4 is 4.74 Å². The first-order chi connectivity index (χ1) is 8.19. The highest BCUT2D eigenvalue weighted by Gasteiger charge is 2.15. The molecule has 17 heavy (non-hydrogen) atoms. The zero-order chi connectivity index (χ0) is 12.3. The van der Waals surface area contributed by atoms with Gasteiger partial charge in [0.25, 0.3) is 0 Å². The molecule has 0 N–H and O–H groups in total. The van der Waals surface area contributed by atoms with Crippen molar-refractivity contribution in [1.29, 1.82) is 0 Å². The molecule has 0 aliphatic carbocycles. The summed E-state index contributed by atoms with van der Waals surface area (Å²) in [4.78, 5) is 6.83. The third-order valence-electron chi connectivity index (χ3n) is 2.69. The molecule has 2 rings (SSSR count). The van der Waals surface area contributed by atoms with E-state index in [1.54, 1.807) is 7.11 Å². The summed E-state index contributed by atoms with van der Waals surface area (Å²) in [7, 11) is 5.88. The Morgan fingerprint density at radius 2 is 2.24 bits per heavy atom. The van der Waals surface area contributed by atoms with Crippen LogP contribution in [0.25, 0.3) is 0 Å². The Morgan fingerprint density at radius 1 is 1.41 bits per heavy atom. The van der Waals surface area contributed by atoms with Gasteiger partial charge in [-0.15, -0.1) is 11.8 Å². The highest BCUT2D eigenvalue weighted by atomic mass is 32.2. The summed E-state index contributed by atoms with van der Waals surface area (Å²) >= 11 is 1.85. The first-order valence-electron chi connectivity index (χ1n) is 5.71. The summed E-state index contributed by atoms with van der Waals surface area (Å²) in [6, 6.07) is 6.12. The number of nitrogens with zero attached hydrogens (tertiary/aromatic N) is 2. The van der Waals surface area contributed by atoms with Gasteiger partial charge in [-0.3, -0.25) is 0 Å². The van der Waals surface area contributed by atoms with E-state index in [2.05, 4.69) is 30.1 Å². The molecule has 0 unspecified atom stereocenters. The Labute approximate surface area is 107 Å². The fourth-order valence-corrected chi connectivity index (χ4v) is 2.80. The molecule has 0 spiro atoms. The molecule has 0 saturated carbocycles. The van der Waals surface area contributed by atoms with Crippen molar-refractivity contribution in [3.05, 3.63) is 23.8 Å². The molecule has 0 amide bonds. The lowest BCUT2D eigenvalue weighted by Crippen LogP contribution is -2.15. The van der Waals surface area contributed by atoms with Gasteiger partial charge in [-0.25, -0.2) is 4.99 Å². The summed E-state index contributed by atoms with van der Waals surface area (Å²) in [6.45, 7) is 1.09. The summed E-state index contributed by atoms with van der Waals surface area (Å²) in [5.74, 6) is 1.98. The monoisotopic (exact) mass is 250 g/mol. The Bertz CT molecular complexity index is 429. The Kier molecular flexibility index (Phi) is 4.07. The molecule has 1 aliphatic heterocycles. The van der Waals surface area contributed by atoms with Crippen LogP contribution in [-0.2, 0) is 6.42 Å². The van der Waals surface area contributed by atoms with Crippen LogP contribution in [0, 0.1) is 0 Å². The number of thioether (sulfide) groups is 1. The first-order valence-corrected chi connectivity index (χ1v) is 6.69. The van der Waals surface area contributed by atoms with Crippen LogP contribution in [0.3, 0.4) is 0 Å². The fraction of sp³-hybridized carbons (Fsp3) is 0.462. The van der Waals surface area contributed by atoms with E-state index in [9.17, 15) is 0 Å². The number of rotatable bonds is 4. The highest BCUT2D eigenvalue weighted by Crippen LogP contribution is 2.33. The van der Waals surface area contributed by atoms with E-state index in [1.807, 2.05) is 23.9 Å². The summed E-state index contributed by atoms with van der Waals surface area (Å²) in [6.07, 6.45) is 0.970. The Hall–Kier alpha value is -1.00. The van der Waals surface area contributed by atoms with E-state index in [-0.39, 0.29) is 0 Å². The second kappa shape index (κ2) is 5.56. The molecule has 0 saturated heterocycles. The minimum Gasteiger partial charge on any atom is -0.497 e. The summed E-state index contributed by atoms with van der Waals surface area (Å²) < 4.78 is 5.20. The van der Waals surface area contributed by atoms with Crippen molar-refractivity contribution in [2.75, 3.05) is 33.5 Å². The third kappa shape index (κ3) is 3.23. The van der Waals surface area contributed by atoms with Crippen LogP contribution in [0.15, 0.2) is 23.2 Å². The smallest absolute Gasteiger partial charge is 0.121 e. The van der Waals surface area contributed by atoms with Crippen molar-refractivity contribution in [3.63, 3.8) is 0 Å². The maximum atomic E-state index is 5.20. The van der Waals surface area contributed by atoms with Gasteiger partial charge in [0.2, 0.25) is 0 Å². The molecule has 0 fully saturated rings. The molecule has 0 atom stereocenters. The lowest BCUT2D eigenvalue weighted by molar-refractivity contribution is 0.415. The number of hydrogen-bond donors (Lipinski definition) is 0. The molecule has 1 aromatic rings. The summed E-state index contributed by atoms with van der Waals surface area (Å²) in [5.41, 5.74) is 2.37. The topological polar surface area (TPSA) is 24.8 Å². The molecule has 92 valence electrons. The van der Waals surface area contributed by atoms with Gasteiger partial charge >= 0.3 is 0 Å². The zero-order valence-electron chi connectivity index (χ0n) is 10.6. The maximum absolute atomic E-state index is 5.20. The predicted octanol–water partition coefficient (Wildman–Crippen LogP) is 2.58. The van der Waals surface area contributed by atoms with Gasteiger partial charge in [-0.2, -0.15) is 0 Å². The highest BCUT2D eigenvalue weighted by molar-refractivity contribution is 8.14. The van der Waals surface area contributed by atoms with Crippen molar-refractivity contribution in [3.8, 4) is 5.75 Å². The molecule has 1 aromatic carbocycles. The van der Waals surface area contributed by atoms with E-state index in [4.69, 9.17) is 4.74 Å². The largest absolute Gasteiger partial charge is 0.497 e. The third-order valence-corrected chi connectivity index (χ3v) is 3.64. The molecule has 0 radical (unpaired) electrons. The lowest BCUT2D eigenvalue weighted by Gasteiger charge is -2.07. The molecule has 4 heteroatoms. The minimum atomic E-state index is 0.882. The van der Waals surface area contributed by atoms with Crippen molar-refractivity contribution in [1.82, 2.24) is 4.90 Å². The second-order valence-electron chi connectivity index (χ2n) is 4.33. The SMILES string of the molecule is COc1ccc2c(c1)N=C(SCCN(C)C)C2. The van der Waals surface area contributed by atoms with Gasteiger partial charge in [0, 0.05) is 24.8 Å². The number of ether oxygens (including phenoxy) is 1. The normalized spacial score (nSPS) is 13.8. The Balaban J connectivity index is 1.96. The van der Waals surface area contributed by atoms with E-state index >= 15 is 0 Å². The van der Waals surface area contributed by atoms with Gasteiger partial charge in [0.1, 0.15) is 5.75 Å². The number of benzene rings is 1. The van der Waals surface area contributed by atoms with Gasteiger partial charge in [0.05, 0.1) is 17.8 Å². The van der Waals surface area contributed by atoms with Crippen molar-refractivity contribution in [2.24, 2.45) is 4.99 Å². The number of aliphatic imine (C=N–C) groups is 1. The number of fused-ring (bicyclic) bond motifs is 1. The maximum Gasteiger partial charge on any atom is 0.121 e. The Morgan fingerprint density at radius 3 is 2.94 bits per heavy atom. The van der Waals surface area contributed by atoms with Crippen LogP contribution in [0.4, 0.5) is 5.69 Å². The molecule has 1 heterocycles. The van der Waals surface area contributed by atoms with Crippen molar-refractivity contribution >= 4 is 22.5 Å². The van der Waals surface area contributed by atoms with E-state index in [0.29, 0.717) is 0 Å². The van der Waals surface area contributed by atoms with Crippen LogP contribution in [-0.4, -0.2) is 43.4 Å². The van der Waals surface area contributed by atoms with Gasteiger partial charge in [-0.05, 0) is 25.7 Å². The van der Waals surface area contributed by atoms with Crippen molar-refractivity contribution < 1.29 is 4.74 Å². The first kappa shape index (κ1) is 12.5. The summed E-state index contributed by atoms with van der Waals surface area (Å²) in [5, 5.41) is 1.22. The molecular formula is C13H18N2OS. The molecular weight excluding hydrogens is 232 g/mol. The molecule has 0 bridgehead atoms. The standard InChI is InChI=1S/C13H18N2OS/c1-15(2)6-7-17-13-8-10-4-5-11(16-3)9-12(10)14-13/h4-5,9H,6-8H2,1-3H3. The minimum absolute atomic E-state index is 0.882. The quantitative estimate of drug-likeness (QED) is 0.821. The number of methoxy groups -OCH3 is 1. The van der Waals surface area contributed by atoms with Gasteiger partial charge in [0.15, 0.2) is 0 Å². The van der Waals surface area contributed by atoms with E-state index in [1.165, 1.54) is 10.6 Å². The van der Waals surface area contributed by atoms with E-state index < -0.39 is 0 Å². The van der Waals surface area contributed by atoms with Crippen LogP contribution in [0.2, 0.25) is 0 Å². The second-order valence-corrected chi connectivity index (χ2v) is 5.50. The van der Waals surface area contributed by atoms with Crippen molar-refractivity contribution in [2.45, 2.75) is 6.42 Å².